The van der Waals surface area contributed by atoms with Gasteiger partial charge >= 0.3 is 0 Å². The average Bonchev–Trinajstić information content (AvgIpc) is 2.73. The number of hydrogen-bond donors (Lipinski definition) is 1. The van der Waals surface area contributed by atoms with Gasteiger partial charge in [-0.3, -0.25) is 0 Å². The minimum Gasteiger partial charge on any atom is -0.489 e. The van der Waals surface area contributed by atoms with Crippen molar-refractivity contribution in [2.45, 2.75) is 38.6 Å². The van der Waals surface area contributed by atoms with E-state index in [4.69, 9.17) is 4.74 Å². The van der Waals surface area contributed by atoms with Crippen LogP contribution in [0.4, 0.5) is 0 Å². The second-order valence-electron chi connectivity index (χ2n) is 6.90. The van der Waals surface area contributed by atoms with E-state index < -0.39 is 0 Å². The third kappa shape index (κ3) is 4.77. The van der Waals surface area contributed by atoms with E-state index in [-0.39, 0.29) is 11.8 Å². The molecule has 0 amide bonds. The van der Waals surface area contributed by atoms with E-state index in [9.17, 15) is 5.11 Å². The van der Waals surface area contributed by atoms with Crippen molar-refractivity contribution in [2.24, 2.45) is 0 Å². The molecule has 3 aromatic carbocycles. The van der Waals surface area contributed by atoms with Crippen LogP contribution in [0.1, 0.15) is 37.0 Å². The van der Waals surface area contributed by atoms with Crippen LogP contribution in [-0.4, -0.2) is 5.11 Å². The summed E-state index contributed by atoms with van der Waals surface area (Å²) in [6.45, 7) is 5.16. The van der Waals surface area contributed by atoms with Crippen molar-refractivity contribution in [3.8, 4) is 5.75 Å². The van der Waals surface area contributed by atoms with Crippen LogP contribution in [0.25, 0.3) is 0 Å². The van der Waals surface area contributed by atoms with Gasteiger partial charge < -0.3 is 9.84 Å². The summed E-state index contributed by atoms with van der Waals surface area (Å²) in [7, 11) is 0.559. The first-order valence-electron chi connectivity index (χ1n) is 9.39. The van der Waals surface area contributed by atoms with Crippen LogP contribution in [0.5, 0.6) is 5.75 Å². The highest BCUT2D eigenvalue weighted by atomic mass is 31.1. The molecule has 3 rings (SSSR count). The molecule has 3 aromatic rings. The molecule has 140 valence electrons. The Bertz CT molecular complexity index is 863. The van der Waals surface area contributed by atoms with E-state index >= 15 is 0 Å². The van der Waals surface area contributed by atoms with Gasteiger partial charge in [0.1, 0.15) is 12.4 Å². The number of aliphatic hydroxyl groups excluding tert-OH is 1. The van der Waals surface area contributed by atoms with E-state index in [1.807, 2.05) is 36.4 Å². The first-order chi connectivity index (χ1) is 13.2. The van der Waals surface area contributed by atoms with Gasteiger partial charge in [0, 0.05) is 10.7 Å². The summed E-state index contributed by atoms with van der Waals surface area (Å²) in [6.07, 6.45) is 0.997. The van der Waals surface area contributed by atoms with Gasteiger partial charge in [-0.05, 0) is 28.9 Å². The monoisotopic (exact) mass is 378 g/mol. The normalized spacial score (nSPS) is 13.6. The largest absolute Gasteiger partial charge is 0.489 e. The fraction of sp³-hybridized carbons (Fsp3) is 0.250. The van der Waals surface area contributed by atoms with E-state index in [2.05, 4.69) is 56.3 Å². The second kappa shape index (κ2) is 9.17. The summed E-state index contributed by atoms with van der Waals surface area (Å²) in [6, 6.07) is 26.8. The minimum atomic E-state index is -0.0431. The van der Waals surface area contributed by atoms with Crippen molar-refractivity contribution >= 4 is 13.9 Å². The SMILES string of the molecule is CCC(C)(Pc1ccccc1CO)c1ccccc1OCc1ccccc1. The van der Waals surface area contributed by atoms with Gasteiger partial charge in [0.15, 0.2) is 0 Å². The molecule has 0 aliphatic heterocycles. The molecule has 0 fully saturated rings. The zero-order chi connectivity index (χ0) is 19.1. The number of rotatable bonds is 8. The molecule has 3 heteroatoms. The van der Waals surface area contributed by atoms with Gasteiger partial charge in [-0.1, -0.05) is 95.2 Å². The van der Waals surface area contributed by atoms with Crippen LogP contribution >= 0.6 is 8.58 Å². The molecule has 0 spiro atoms. The first kappa shape index (κ1) is 19.6. The molecule has 0 aliphatic carbocycles. The third-order valence-electron chi connectivity index (χ3n) is 5.02. The summed E-state index contributed by atoms with van der Waals surface area (Å²) < 4.78 is 6.22. The summed E-state index contributed by atoms with van der Waals surface area (Å²) in [5.74, 6) is 0.944. The Kier molecular flexibility index (Phi) is 6.66. The molecular formula is C24H27O2P. The van der Waals surface area contributed by atoms with Crippen LogP contribution in [-0.2, 0) is 18.4 Å². The lowest BCUT2D eigenvalue weighted by Gasteiger charge is -2.31. The highest BCUT2D eigenvalue weighted by molar-refractivity contribution is 7.48. The average molecular weight is 378 g/mol. The molecule has 2 nitrogen and oxygen atoms in total. The number of benzene rings is 3. The molecule has 27 heavy (non-hydrogen) atoms. The van der Waals surface area contributed by atoms with Gasteiger partial charge in [0.25, 0.3) is 0 Å². The van der Waals surface area contributed by atoms with Crippen molar-refractivity contribution in [1.82, 2.24) is 0 Å². The molecule has 0 aliphatic rings. The van der Waals surface area contributed by atoms with Gasteiger partial charge in [0.05, 0.1) is 6.61 Å². The Hall–Kier alpha value is -2.15. The smallest absolute Gasteiger partial charge is 0.123 e. The molecular weight excluding hydrogens is 351 g/mol. The molecule has 0 heterocycles. The van der Waals surface area contributed by atoms with Crippen molar-refractivity contribution in [3.05, 3.63) is 95.6 Å². The molecule has 0 saturated heterocycles. The predicted molar refractivity (Wildman–Crippen MR) is 115 cm³/mol. The number of hydrogen-bond acceptors (Lipinski definition) is 2. The van der Waals surface area contributed by atoms with E-state index in [0.717, 1.165) is 17.7 Å². The maximum atomic E-state index is 9.70. The molecule has 2 atom stereocenters. The van der Waals surface area contributed by atoms with E-state index in [0.29, 0.717) is 15.2 Å². The van der Waals surface area contributed by atoms with Crippen LogP contribution in [0.2, 0.25) is 0 Å². The number of ether oxygens (including phenoxy) is 1. The third-order valence-corrected chi connectivity index (χ3v) is 6.96. The van der Waals surface area contributed by atoms with Crippen LogP contribution in [0.15, 0.2) is 78.9 Å². The van der Waals surface area contributed by atoms with Gasteiger partial charge in [-0.25, -0.2) is 0 Å². The Morgan fingerprint density at radius 3 is 2.30 bits per heavy atom. The molecule has 1 N–H and O–H groups in total. The zero-order valence-electron chi connectivity index (χ0n) is 16.0. The molecule has 2 unspecified atom stereocenters. The quantitative estimate of drug-likeness (QED) is 0.533. The Labute approximate surface area is 164 Å². The van der Waals surface area contributed by atoms with Crippen LogP contribution < -0.4 is 10.0 Å². The summed E-state index contributed by atoms with van der Waals surface area (Å²) in [4.78, 5) is 0. The van der Waals surface area contributed by atoms with Crippen molar-refractivity contribution in [2.75, 3.05) is 0 Å². The Morgan fingerprint density at radius 1 is 0.889 bits per heavy atom. The zero-order valence-corrected chi connectivity index (χ0v) is 17.0. The number of para-hydroxylation sites is 1. The Morgan fingerprint density at radius 2 is 1.56 bits per heavy atom. The summed E-state index contributed by atoms with van der Waals surface area (Å²) >= 11 is 0. The van der Waals surface area contributed by atoms with E-state index in [1.54, 1.807) is 0 Å². The van der Waals surface area contributed by atoms with Crippen molar-refractivity contribution in [1.29, 1.82) is 0 Å². The fourth-order valence-electron chi connectivity index (χ4n) is 3.21. The van der Waals surface area contributed by atoms with Gasteiger partial charge in [0.2, 0.25) is 0 Å². The number of aliphatic hydroxyl groups is 1. The van der Waals surface area contributed by atoms with Crippen LogP contribution in [0.3, 0.4) is 0 Å². The predicted octanol–water partition coefficient (Wildman–Crippen LogP) is 5.39. The summed E-state index contributed by atoms with van der Waals surface area (Å²) in [5.41, 5.74) is 3.41. The topological polar surface area (TPSA) is 29.5 Å². The second-order valence-corrected chi connectivity index (χ2v) is 8.79. The van der Waals surface area contributed by atoms with Crippen LogP contribution in [0, 0.1) is 0 Å². The maximum Gasteiger partial charge on any atom is 0.123 e. The minimum absolute atomic E-state index is 0.0431. The highest BCUT2D eigenvalue weighted by Crippen LogP contribution is 2.47. The lowest BCUT2D eigenvalue weighted by atomic mass is 9.96. The standard InChI is InChI=1S/C24H27O2P/c1-3-24(2,27-23-16-10-7-13-20(23)17-25)21-14-8-9-15-22(21)26-18-19-11-5-4-6-12-19/h4-16,25,27H,3,17-18H2,1-2H3. The fourth-order valence-corrected chi connectivity index (χ4v) is 4.82. The van der Waals surface area contributed by atoms with Gasteiger partial charge in [-0.2, -0.15) is 0 Å². The van der Waals surface area contributed by atoms with Gasteiger partial charge in [-0.15, -0.1) is 0 Å². The Balaban J connectivity index is 1.88. The lowest BCUT2D eigenvalue weighted by molar-refractivity contribution is 0.283. The molecule has 0 radical (unpaired) electrons. The lowest BCUT2D eigenvalue weighted by Crippen LogP contribution is -2.21. The highest BCUT2D eigenvalue weighted by Gasteiger charge is 2.29. The summed E-state index contributed by atoms with van der Waals surface area (Å²) in [5, 5.41) is 10.9. The first-order valence-corrected chi connectivity index (χ1v) is 10.4. The molecule has 0 saturated carbocycles. The molecule has 0 bridgehead atoms. The van der Waals surface area contributed by atoms with Crippen molar-refractivity contribution < 1.29 is 9.84 Å². The molecule has 0 aromatic heterocycles. The maximum absolute atomic E-state index is 9.70. The van der Waals surface area contributed by atoms with E-state index in [1.165, 1.54) is 16.4 Å². The van der Waals surface area contributed by atoms with Crippen molar-refractivity contribution in [3.63, 3.8) is 0 Å².